The van der Waals surface area contributed by atoms with Crippen molar-refractivity contribution in [1.29, 1.82) is 0 Å². The van der Waals surface area contributed by atoms with Crippen LogP contribution in [0.5, 0.6) is 5.75 Å². The van der Waals surface area contributed by atoms with Crippen LogP contribution in [0.1, 0.15) is 48.8 Å². The molecule has 3 heterocycles. The highest BCUT2D eigenvalue weighted by molar-refractivity contribution is 7.99. The number of aromatic hydroxyl groups is 1. The zero-order valence-corrected chi connectivity index (χ0v) is 27.0. The number of alkyl halides is 3. The zero-order chi connectivity index (χ0) is 34.7. The highest BCUT2D eigenvalue weighted by Gasteiger charge is 2.47. The maximum absolute atomic E-state index is 13.1. The number of halogens is 3. The van der Waals surface area contributed by atoms with Crippen LogP contribution in [0.3, 0.4) is 0 Å². The van der Waals surface area contributed by atoms with Crippen molar-refractivity contribution in [3.8, 4) is 11.4 Å². The van der Waals surface area contributed by atoms with Crippen molar-refractivity contribution in [2.24, 2.45) is 5.92 Å². The van der Waals surface area contributed by atoms with E-state index in [2.05, 4.69) is 20.8 Å². The Bertz CT molecular complexity index is 1760. The molecule has 5 unspecified atom stereocenters. The molecule has 1 aromatic heterocycles. The van der Waals surface area contributed by atoms with Crippen molar-refractivity contribution in [1.82, 2.24) is 25.1 Å². The zero-order valence-electron chi connectivity index (χ0n) is 26.2. The number of ether oxygens (including phenoxy) is 2. The summed E-state index contributed by atoms with van der Waals surface area (Å²) in [6.07, 6.45) is -6.20. The van der Waals surface area contributed by atoms with Crippen LogP contribution in [0.2, 0.25) is 0 Å². The predicted molar refractivity (Wildman–Crippen MR) is 170 cm³/mol. The van der Waals surface area contributed by atoms with Crippen LogP contribution in [0.25, 0.3) is 5.69 Å². The first-order chi connectivity index (χ1) is 23.5. The first kappa shape index (κ1) is 34.4. The van der Waals surface area contributed by atoms with E-state index in [0.29, 0.717) is 39.2 Å². The Balaban J connectivity index is 1.18. The summed E-state index contributed by atoms with van der Waals surface area (Å²) in [5.41, 5.74) is 3.30. The topological polar surface area (TPSA) is 152 Å². The molecular formula is C33H33F3N6O6S. The fourth-order valence-corrected chi connectivity index (χ4v) is 6.94. The number of benzene rings is 3. The number of thioether (sulfide) groups is 1. The smallest absolute Gasteiger partial charge is 0.471 e. The van der Waals surface area contributed by atoms with Crippen molar-refractivity contribution < 1.29 is 42.4 Å². The van der Waals surface area contributed by atoms with Crippen molar-refractivity contribution >= 4 is 29.3 Å². The van der Waals surface area contributed by atoms with Crippen LogP contribution in [-0.2, 0) is 25.7 Å². The lowest BCUT2D eigenvalue weighted by Crippen LogP contribution is -2.48. The lowest BCUT2D eigenvalue weighted by Gasteiger charge is -2.41. The molecule has 2 aliphatic heterocycles. The fourth-order valence-electron chi connectivity index (χ4n) is 5.89. The standard InChI is InChI=1S/C33H33F3N6O6S/c1-19-27(18-49-32-38-39-40-42(32)24-12-14-25(44)15-13-24)47-30(48-28(19)21-6-4-20(17-43)5-7-21)22-8-10-23(11-9-22)37-29(45)26-3-2-16-41(26)31(46)33(34,35)36/h4-15,19,26-28,30,43-44H,2-3,16-18H2,1H3,(H,37,45). The number of phenols is 1. The average molecular weight is 699 g/mol. The molecule has 258 valence electrons. The Kier molecular flexibility index (Phi) is 10.2. The SMILES string of the molecule is CC1C(CSc2nnnn2-c2ccc(O)cc2)OC(c2ccc(NC(=O)C3CCCN3C(=O)C(F)(F)F)cc2)OC1c1ccc(CO)cc1. The van der Waals surface area contributed by atoms with Gasteiger partial charge >= 0.3 is 12.1 Å². The number of aromatic nitrogens is 4. The summed E-state index contributed by atoms with van der Waals surface area (Å²) in [7, 11) is 0. The number of tetrazole rings is 1. The van der Waals surface area contributed by atoms with Crippen LogP contribution in [0.4, 0.5) is 18.9 Å². The minimum absolute atomic E-state index is 0.0948. The third kappa shape index (κ3) is 7.72. The van der Waals surface area contributed by atoms with Gasteiger partial charge in [0.2, 0.25) is 11.1 Å². The van der Waals surface area contributed by atoms with Gasteiger partial charge in [0.25, 0.3) is 0 Å². The molecular weight excluding hydrogens is 665 g/mol. The Morgan fingerprint density at radius 2 is 1.69 bits per heavy atom. The van der Waals surface area contributed by atoms with E-state index in [-0.39, 0.29) is 37.3 Å². The summed E-state index contributed by atoms with van der Waals surface area (Å²) >= 11 is 1.39. The molecule has 2 amide bonds. The molecule has 6 rings (SSSR count). The molecule has 3 aromatic carbocycles. The lowest BCUT2D eigenvalue weighted by atomic mass is 9.91. The summed E-state index contributed by atoms with van der Waals surface area (Å²) in [6.45, 7) is 1.78. The number of hydrogen-bond donors (Lipinski definition) is 3. The van der Waals surface area contributed by atoms with Gasteiger partial charge in [-0.15, -0.1) is 5.10 Å². The van der Waals surface area contributed by atoms with E-state index < -0.39 is 36.4 Å². The molecule has 2 fully saturated rings. The minimum atomic E-state index is -5.06. The van der Waals surface area contributed by atoms with E-state index in [1.165, 1.54) is 11.8 Å². The van der Waals surface area contributed by atoms with Gasteiger partial charge in [0.15, 0.2) is 6.29 Å². The van der Waals surface area contributed by atoms with E-state index in [9.17, 15) is 33.0 Å². The van der Waals surface area contributed by atoms with Crippen molar-refractivity contribution in [3.05, 3.63) is 89.5 Å². The number of phenolic OH excluding ortho intramolecular Hbond substituents is 1. The van der Waals surface area contributed by atoms with Gasteiger partial charge in [0.1, 0.15) is 11.8 Å². The summed E-state index contributed by atoms with van der Waals surface area (Å²) < 4.78 is 53.7. The summed E-state index contributed by atoms with van der Waals surface area (Å²) in [6, 6.07) is 19.3. The molecule has 0 radical (unpaired) electrons. The van der Waals surface area contributed by atoms with Crippen molar-refractivity contribution in [2.45, 2.75) is 62.2 Å². The molecule has 0 aliphatic carbocycles. The largest absolute Gasteiger partial charge is 0.508 e. The van der Waals surface area contributed by atoms with Gasteiger partial charge in [-0.1, -0.05) is 55.1 Å². The van der Waals surface area contributed by atoms with Gasteiger partial charge in [0.05, 0.1) is 24.5 Å². The first-order valence-corrected chi connectivity index (χ1v) is 16.5. The number of amides is 2. The highest BCUT2D eigenvalue weighted by Crippen LogP contribution is 2.43. The Hall–Kier alpha value is -4.51. The number of carbonyl (C=O) groups excluding carboxylic acids is 2. The number of rotatable bonds is 9. The van der Waals surface area contributed by atoms with Gasteiger partial charge in [0, 0.05) is 29.5 Å². The third-order valence-electron chi connectivity index (χ3n) is 8.54. The Morgan fingerprint density at radius 3 is 2.37 bits per heavy atom. The van der Waals surface area contributed by atoms with E-state index in [1.54, 1.807) is 53.2 Å². The average Bonchev–Trinajstić information content (AvgIpc) is 3.78. The molecule has 4 aromatic rings. The molecule has 3 N–H and O–H groups in total. The molecule has 0 bridgehead atoms. The van der Waals surface area contributed by atoms with Crippen molar-refractivity contribution in [3.63, 3.8) is 0 Å². The highest BCUT2D eigenvalue weighted by atomic mass is 32.2. The lowest BCUT2D eigenvalue weighted by molar-refractivity contribution is -0.268. The second kappa shape index (κ2) is 14.5. The molecule has 0 saturated carbocycles. The number of nitrogens with zero attached hydrogens (tertiary/aromatic N) is 5. The van der Waals surface area contributed by atoms with Crippen LogP contribution in [0.15, 0.2) is 78.0 Å². The predicted octanol–water partition coefficient (Wildman–Crippen LogP) is 4.94. The van der Waals surface area contributed by atoms with Crippen LogP contribution in [0, 0.1) is 5.92 Å². The summed E-state index contributed by atoms with van der Waals surface area (Å²) in [5.74, 6) is -2.28. The molecule has 16 heteroatoms. The van der Waals surface area contributed by atoms with Crippen molar-refractivity contribution in [2.75, 3.05) is 17.6 Å². The van der Waals surface area contributed by atoms with Gasteiger partial charge in [-0.05, 0) is 70.8 Å². The van der Waals surface area contributed by atoms with E-state index >= 15 is 0 Å². The van der Waals surface area contributed by atoms with Gasteiger partial charge in [-0.25, -0.2) is 0 Å². The number of nitrogens with one attached hydrogen (secondary N) is 1. The first-order valence-electron chi connectivity index (χ1n) is 15.5. The van der Waals surface area contributed by atoms with E-state index in [1.807, 2.05) is 31.2 Å². The summed E-state index contributed by atoms with van der Waals surface area (Å²) in [5, 5.41) is 34.4. The maximum atomic E-state index is 13.1. The number of likely N-dealkylation sites (tertiary alicyclic amines) is 1. The monoisotopic (exact) mass is 698 g/mol. The van der Waals surface area contributed by atoms with Crippen LogP contribution in [-0.4, -0.2) is 77.8 Å². The van der Waals surface area contributed by atoms with Crippen LogP contribution >= 0.6 is 11.8 Å². The Morgan fingerprint density at radius 1 is 1.00 bits per heavy atom. The molecule has 5 atom stereocenters. The van der Waals surface area contributed by atoms with E-state index in [4.69, 9.17) is 9.47 Å². The second-order valence-corrected chi connectivity index (χ2v) is 12.8. The molecule has 2 aliphatic rings. The van der Waals surface area contributed by atoms with Crippen LogP contribution < -0.4 is 5.32 Å². The van der Waals surface area contributed by atoms with Gasteiger partial charge in [-0.2, -0.15) is 17.9 Å². The molecule has 0 spiro atoms. The molecule has 2 saturated heterocycles. The third-order valence-corrected chi connectivity index (χ3v) is 9.55. The van der Waals surface area contributed by atoms with E-state index in [0.717, 1.165) is 11.1 Å². The fraction of sp³-hybridized carbons (Fsp3) is 0.364. The Labute approximate surface area is 283 Å². The number of carbonyl (C=O) groups is 2. The minimum Gasteiger partial charge on any atom is -0.508 e. The quantitative estimate of drug-likeness (QED) is 0.205. The number of anilines is 1. The normalized spacial score (nSPS) is 22.6. The maximum Gasteiger partial charge on any atom is 0.471 e. The van der Waals surface area contributed by atoms with Gasteiger partial charge in [-0.3, -0.25) is 9.59 Å². The molecule has 49 heavy (non-hydrogen) atoms. The summed E-state index contributed by atoms with van der Waals surface area (Å²) in [4.78, 5) is 25.3. The molecule has 12 nitrogen and oxygen atoms in total. The van der Waals surface area contributed by atoms with Gasteiger partial charge < -0.3 is 29.9 Å². The second-order valence-electron chi connectivity index (χ2n) is 11.8. The number of aliphatic hydroxyl groups excluding tert-OH is 1. The number of aliphatic hydroxyl groups is 1. The number of hydrogen-bond acceptors (Lipinski definition) is 10.